The van der Waals surface area contributed by atoms with E-state index in [1.807, 2.05) is 24.3 Å². The minimum Gasteiger partial charge on any atom is -0.478 e. The molecule has 20 heavy (non-hydrogen) atoms. The van der Waals surface area contributed by atoms with E-state index in [2.05, 4.69) is 13.0 Å². The molecule has 0 aliphatic heterocycles. The summed E-state index contributed by atoms with van der Waals surface area (Å²) in [7, 11) is 0. The molecule has 0 bridgehead atoms. The number of carboxylic acids is 1. The van der Waals surface area contributed by atoms with Gasteiger partial charge in [0.15, 0.2) is 0 Å². The van der Waals surface area contributed by atoms with Crippen molar-refractivity contribution in [2.45, 2.75) is 58.3 Å². The zero-order valence-corrected chi connectivity index (χ0v) is 12.6. The van der Waals surface area contributed by atoms with Crippen molar-refractivity contribution in [1.82, 2.24) is 0 Å². The van der Waals surface area contributed by atoms with E-state index in [1.165, 1.54) is 51.0 Å². The number of hydrogen-bond acceptors (Lipinski definition) is 1. The molecule has 112 valence electrons. The van der Waals surface area contributed by atoms with Gasteiger partial charge in [-0.25, -0.2) is 4.79 Å². The minimum atomic E-state index is -0.923. The Morgan fingerprint density at radius 1 is 0.800 bits per heavy atom. The van der Waals surface area contributed by atoms with Crippen molar-refractivity contribution in [2.75, 3.05) is 0 Å². The average Bonchev–Trinajstić information content (AvgIpc) is 2.43. The van der Waals surface area contributed by atoms with Crippen LogP contribution in [0.1, 0.15) is 58.3 Å². The van der Waals surface area contributed by atoms with E-state index < -0.39 is 5.97 Å². The quantitative estimate of drug-likeness (QED) is 0.293. The second-order valence-corrected chi connectivity index (χ2v) is 4.81. The van der Waals surface area contributed by atoms with Gasteiger partial charge < -0.3 is 5.11 Å². The van der Waals surface area contributed by atoms with Gasteiger partial charge >= 0.3 is 5.97 Å². The molecule has 0 aliphatic carbocycles. The van der Waals surface area contributed by atoms with Crippen LogP contribution in [0.15, 0.2) is 48.6 Å². The van der Waals surface area contributed by atoms with Gasteiger partial charge in [0.1, 0.15) is 0 Å². The molecule has 0 rings (SSSR count). The van der Waals surface area contributed by atoms with Crippen molar-refractivity contribution in [3.05, 3.63) is 48.6 Å². The molecular formula is C18H28O2. The fourth-order valence-corrected chi connectivity index (χ4v) is 1.79. The average molecular weight is 276 g/mol. The SMILES string of the molecule is CCCCCCCCCC=CC=C/C=C/C=C\C(=O)O. The van der Waals surface area contributed by atoms with E-state index in [0.717, 1.165) is 12.5 Å². The Hall–Kier alpha value is -1.57. The van der Waals surface area contributed by atoms with Crippen LogP contribution in [0.3, 0.4) is 0 Å². The summed E-state index contributed by atoms with van der Waals surface area (Å²) in [5.74, 6) is -0.923. The Morgan fingerprint density at radius 3 is 2.00 bits per heavy atom. The summed E-state index contributed by atoms with van der Waals surface area (Å²) < 4.78 is 0. The monoisotopic (exact) mass is 276 g/mol. The highest BCUT2D eigenvalue weighted by atomic mass is 16.4. The largest absolute Gasteiger partial charge is 0.478 e. The minimum absolute atomic E-state index is 0.923. The summed E-state index contributed by atoms with van der Waals surface area (Å²) in [6, 6.07) is 0. The number of carbonyl (C=O) groups is 1. The molecule has 0 aromatic heterocycles. The Morgan fingerprint density at radius 2 is 1.35 bits per heavy atom. The second-order valence-electron chi connectivity index (χ2n) is 4.81. The summed E-state index contributed by atoms with van der Waals surface area (Å²) in [6.45, 7) is 2.25. The first-order valence-corrected chi connectivity index (χ1v) is 7.67. The lowest BCUT2D eigenvalue weighted by atomic mass is 10.1. The van der Waals surface area contributed by atoms with Gasteiger partial charge in [-0.2, -0.15) is 0 Å². The third kappa shape index (κ3) is 16.4. The lowest BCUT2D eigenvalue weighted by molar-refractivity contribution is -0.131. The molecule has 1 N–H and O–H groups in total. The summed E-state index contributed by atoms with van der Waals surface area (Å²) >= 11 is 0. The maximum absolute atomic E-state index is 10.2. The van der Waals surface area contributed by atoms with Gasteiger partial charge in [-0.3, -0.25) is 0 Å². The fourth-order valence-electron chi connectivity index (χ4n) is 1.79. The number of carboxylic acid groups (broad SMARTS) is 1. The van der Waals surface area contributed by atoms with Gasteiger partial charge in [0, 0.05) is 6.08 Å². The van der Waals surface area contributed by atoms with Crippen LogP contribution in [0.5, 0.6) is 0 Å². The van der Waals surface area contributed by atoms with Crippen LogP contribution < -0.4 is 0 Å². The van der Waals surface area contributed by atoms with Gasteiger partial charge in [0.25, 0.3) is 0 Å². The maximum atomic E-state index is 10.2. The molecule has 0 amide bonds. The normalized spacial score (nSPS) is 12.4. The van der Waals surface area contributed by atoms with E-state index in [9.17, 15) is 4.79 Å². The molecule has 0 saturated carbocycles. The molecule has 0 saturated heterocycles. The van der Waals surface area contributed by atoms with E-state index in [1.54, 1.807) is 6.08 Å². The van der Waals surface area contributed by atoms with Gasteiger partial charge in [0.2, 0.25) is 0 Å². The van der Waals surface area contributed by atoms with Crippen molar-refractivity contribution in [3.63, 3.8) is 0 Å². The highest BCUT2D eigenvalue weighted by Crippen LogP contribution is 2.08. The van der Waals surface area contributed by atoms with Gasteiger partial charge in [-0.1, -0.05) is 88.0 Å². The molecule has 0 aromatic carbocycles. The van der Waals surface area contributed by atoms with Gasteiger partial charge in [-0.05, 0) is 12.8 Å². The topological polar surface area (TPSA) is 37.3 Å². The highest BCUT2D eigenvalue weighted by Gasteiger charge is 1.88. The van der Waals surface area contributed by atoms with E-state index >= 15 is 0 Å². The number of hydrogen-bond donors (Lipinski definition) is 1. The summed E-state index contributed by atoms with van der Waals surface area (Å²) in [5.41, 5.74) is 0. The van der Waals surface area contributed by atoms with Gasteiger partial charge in [0.05, 0.1) is 0 Å². The Bertz CT molecular complexity index is 335. The predicted molar refractivity (Wildman–Crippen MR) is 86.8 cm³/mol. The number of rotatable bonds is 12. The summed E-state index contributed by atoms with van der Waals surface area (Å²) in [4.78, 5) is 10.2. The van der Waals surface area contributed by atoms with Crippen LogP contribution in [-0.2, 0) is 4.79 Å². The molecule has 0 radical (unpaired) electrons. The van der Waals surface area contributed by atoms with Crippen LogP contribution in [0, 0.1) is 0 Å². The molecular weight excluding hydrogens is 248 g/mol. The number of aliphatic carboxylic acids is 1. The maximum Gasteiger partial charge on any atom is 0.328 e. The van der Waals surface area contributed by atoms with Crippen molar-refractivity contribution in [3.8, 4) is 0 Å². The fraction of sp³-hybridized carbons (Fsp3) is 0.500. The van der Waals surface area contributed by atoms with Crippen LogP contribution in [0.25, 0.3) is 0 Å². The molecule has 0 unspecified atom stereocenters. The van der Waals surface area contributed by atoms with E-state index in [-0.39, 0.29) is 0 Å². The number of unbranched alkanes of at least 4 members (excludes halogenated alkanes) is 7. The third-order valence-corrected chi connectivity index (χ3v) is 2.90. The zero-order valence-electron chi connectivity index (χ0n) is 12.6. The lowest BCUT2D eigenvalue weighted by Crippen LogP contribution is -1.84. The van der Waals surface area contributed by atoms with Crippen molar-refractivity contribution < 1.29 is 9.90 Å². The first-order valence-electron chi connectivity index (χ1n) is 7.67. The molecule has 0 aliphatic rings. The predicted octanol–water partition coefficient (Wildman–Crippen LogP) is 5.44. The Labute approximate surface area is 123 Å². The van der Waals surface area contributed by atoms with Crippen LogP contribution in [0.4, 0.5) is 0 Å². The molecule has 2 heteroatoms. The molecule has 0 fully saturated rings. The zero-order chi connectivity index (χ0) is 14.9. The van der Waals surface area contributed by atoms with Crippen LogP contribution in [0.2, 0.25) is 0 Å². The molecule has 2 nitrogen and oxygen atoms in total. The van der Waals surface area contributed by atoms with Crippen LogP contribution >= 0.6 is 0 Å². The molecule has 0 atom stereocenters. The Balaban J connectivity index is 3.41. The second kappa shape index (κ2) is 15.5. The highest BCUT2D eigenvalue weighted by molar-refractivity contribution is 5.80. The van der Waals surface area contributed by atoms with Crippen molar-refractivity contribution in [2.24, 2.45) is 0 Å². The first-order chi connectivity index (χ1) is 9.77. The third-order valence-electron chi connectivity index (χ3n) is 2.90. The van der Waals surface area contributed by atoms with Crippen molar-refractivity contribution in [1.29, 1.82) is 0 Å². The standard InChI is InChI=1S/C18H28O2/c1-2-3-4-5-6-7-8-9-10-11-12-13-14-15-16-17-18(19)20/h10-17H,2-9H2,1H3,(H,19,20)/b11-10?,13-12?,15-14+,17-16-. The van der Waals surface area contributed by atoms with Crippen molar-refractivity contribution >= 4 is 5.97 Å². The molecule has 0 spiro atoms. The number of allylic oxidation sites excluding steroid dienone is 7. The smallest absolute Gasteiger partial charge is 0.328 e. The first kappa shape index (κ1) is 18.4. The Kier molecular flexibility index (Phi) is 14.3. The lowest BCUT2D eigenvalue weighted by Gasteiger charge is -1.98. The summed E-state index contributed by atoms with van der Waals surface area (Å²) in [5, 5.41) is 8.37. The van der Waals surface area contributed by atoms with E-state index in [0.29, 0.717) is 0 Å². The molecule has 0 aromatic rings. The summed E-state index contributed by atoms with van der Waals surface area (Å²) in [6.07, 6.45) is 24.8. The molecule has 0 heterocycles. The van der Waals surface area contributed by atoms with Gasteiger partial charge in [-0.15, -0.1) is 0 Å². The van der Waals surface area contributed by atoms with E-state index in [4.69, 9.17) is 5.11 Å². The van der Waals surface area contributed by atoms with Crippen LogP contribution in [-0.4, -0.2) is 11.1 Å².